The Balaban J connectivity index is -0.000000263. The van der Waals surface area contributed by atoms with Crippen molar-refractivity contribution in [3.8, 4) is 0 Å². The van der Waals surface area contributed by atoms with E-state index >= 15 is 0 Å². The smallest absolute Gasteiger partial charge is 0.756 e. The summed E-state index contributed by atoms with van der Waals surface area (Å²) in [5.41, 5.74) is 6.06. The van der Waals surface area contributed by atoms with Gasteiger partial charge in [0.1, 0.15) is 30.2 Å². The first kappa shape index (κ1) is 48.3. The van der Waals surface area contributed by atoms with Gasteiger partial charge in [-0.15, -0.1) is 0 Å². The van der Waals surface area contributed by atoms with E-state index in [1.165, 1.54) is 10.9 Å². The third-order valence-corrected chi connectivity index (χ3v) is 5.69. The van der Waals surface area contributed by atoms with Crippen molar-refractivity contribution in [3.63, 3.8) is 0 Å². The summed E-state index contributed by atoms with van der Waals surface area (Å²) in [7, 11) is -11.0. The zero-order valence-corrected chi connectivity index (χ0v) is 23.9. The minimum absolute atomic E-state index is 0. The molecule has 21 nitrogen and oxygen atoms in total. The number of phosphoric acid groups is 2. The maximum Gasteiger partial charge on any atom is 1.00 e. The Morgan fingerprint density at radius 1 is 1.03 bits per heavy atom. The van der Waals surface area contributed by atoms with Crippen molar-refractivity contribution in [2.45, 2.75) is 24.5 Å². The van der Waals surface area contributed by atoms with Crippen molar-refractivity contribution in [1.82, 2.24) is 19.5 Å². The van der Waals surface area contributed by atoms with E-state index in [9.17, 15) is 29.1 Å². The second-order valence-electron chi connectivity index (χ2n) is 5.42. The van der Waals surface area contributed by atoms with Crippen molar-refractivity contribution < 1.29 is 140 Å². The van der Waals surface area contributed by atoms with Crippen LogP contribution < -0.4 is 74.6 Å². The number of nitrogens with two attached hydrogens (primary N) is 1. The summed E-state index contributed by atoms with van der Waals surface area (Å²) in [6.45, 7) is -0.904. The molecule has 0 aliphatic carbocycles. The third-order valence-electron chi connectivity index (χ3n) is 3.60. The van der Waals surface area contributed by atoms with Crippen LogP contribution in [0.4, 0.5) is 5.82 Å². The second-order valence-corrected chi connectivity index (χ2v) is 8.17. The van der Waals surface area contributed by atoms with E-state index in [2.05, 4.69) is 23.8 Å². The molecular weight excluding hydrogens is 554 g/mol. The van der Waals surface area contributed by atoms with E-state index in [1.54, 1.807) is 0 Å². The maximum absolute atomic E-state index is 11.3. The van der Waals surface area contributed by atoms with Gasteiger partial charge >= 0.3 is 59.1 Å². The monoisotopic (exact) mass is 579 g/mol. The van der Waals surface area contributed by atoms with Crippen LogP contribution in [0.5, 0.6) is 0 Å². The Hall–Kier alpha value is 0.250. The van der Waals surface area contributed by atoms with Gasteiger partial charge in [-0.1, -0.05) is 0 Å². The molecule has 0 aromatic carbocycles. The van der Waals surface area contributed by atoms with Gasteiger partial charge in [-0.3, -0.25) is 13.7 Å². The average Bonchev–Trinajstić information content (AvgIpc) is 3.07. The van der Waals surface area contributed by atoms with Gasteiger partial charge < -0.3 is 72.7 Å². The number of rotatable bonds is 6. The molecule has 2 aromatic rings. The topological polar surface area (TPSA) is 427 Å². The Morgan fingerprint density at radius 2 is 1.57 bits per heavy atom. The van der Waals surface area contributed by atoms with Gasteiger partial charge in [0.15, 0.2) is 17.7 Å². The number of phosphoric ester groups is 1. The molecule has 3 rings (SSSR count). The van der Waals surface area contributed by atoms with Crippen LogP contribution in [0.1, 0.15) is 6.23 Å². The van der Waals surface area contributed by atoms with Gasteiger partial charge in [0.2, 0.25) is 0 Å². The zero-order chi connectivity index (χ0) is 20.0. The summed E-state index contributed by atoms with van der Waals surface area (Å²) in [5.74, 6) is 0.0714. The van der Waals surface area contributed by atoms with Crippen LogP contribution in [-0.2, 0) is 22.7 Å². The fraction of sp³-hybridized carbons (Fsp3) is 0.500. The first-order valence-electron chi connectivity index (χ1n) is 7.14. The fourth-order valence-corrected chi connectivity index (χ4v) is 4.00. The quantitative estimate of drug-likeness (QED) is 0.182. The van der Waals surface area contributed by atoms with Gasteiger partial charge in [0, 0.05) is 0 Å². The van der Waals surface area contributed by atoms with Crippen LogP contribution >= 0.6 is 15.6 Å². The summed E-state index contributed by atoms with van der Waals surface area (Å²) in [5, 5.41) is 20.2. The van der Waals surface area contributed by atoms with Gasteiger partial charge in [-0.25, -0.2) is 19.3 Å². The number of aliphatic hydroxyl groups excluding tert-OH is 2. The number of imidazole rings is 1. The van der Waals surface area contributed by atoms with Crippen LogP contribution in [0, 0.1) is 0 Å². The molecule has 1 saturated heterocycles. The third kappa shape index (κ3) is 11.7. The molecule has 0 bridgehead atoms. The molecule has 198 valence electrons. The summed E-state index contributed by atoms with van der Waals surface area (Å²) >= 11 is 0. The molecule has 0 amide bonds. The summed E-state index contributed by atoms with van der Waals surface area (Å²) in [4.78, 5) is 41.9. The van der Waals surface area contributed by atoms with Crippen LogP contribution in [0.25, 0.3) is 11.2 Å². The van der Waals surface area contributed by atoms with Crippen molar-refractivity contribution in [3.05, 3.63) is 12.7 Å². The van der Waals surface area contributed by atoms with Gasteiger partial charge in [0.25, 0.3) is 15.6 Å². The van der Waals surface area contributed by atoms with E-state index in [-0.39, 0.29) is 109 Å². The normalized spacial score (nSPS) is 23.3. The second kappa shape index (κ2) is 18.5. The first-order valence-corrected chi connectivity index (χ1v) is 10.1. The first-order chi connectivity index (χ1) is 12.5. The number of aromatic nitrogens is 4. The summed E-state index contributed by atoms with van der Waals surface area (Å²) < 4.78 is 36.1. The standard InChI is InChI=1S/C10H15N5O10P2.2Na.6H2O/c11-8-5-9(13-2-12-8)15(3-14-5)10-7(17)6(16)4(24-10)1-23-27(21,22)25-26(18,19)20;;;;;;;;/h2-4,6-7,10,16-17H,1H2,(H,21,22)(H2,11,12,13)(H2,18,19,20);;;6*1H2/q;2*+1;;;;;;/p-2/t4-,6-,7-,10-;;;;;;;;/m1......../s1. The number of hydrogen-bond donors (Lipinski definition) is 4. The van der Waals surface area contributed by atoms with E-state index in [4.69, 9.17) is 15.4 Å². The van der Waals surface area contributed by atoms with Crippen LogP contribution in [0.15, 0.2) is 12.7 Å². The molecule has 6 atom stereocenters. The van der Waals surface area contributed by atoms with Crippen molar-refractivity contribution >= 4 is 32.6 Å². The fourth-order valence-electron chi connectivity index (χ4n) is 2.47. The molecule has 25 heteroatoms. The molecule has 35 heavy (non-hydrogen) atoms. The molecule has 2 unspecified atom stereocenters. The average molecular weight is 579 g/mol. The van der Waals surface area contributed by atoms with E-state index in [1.807, 2.05) is 0 Å². The molecule has 1 fully saturated rings. The van der Waals surface area contributed by atoms with Crippen LogP contribution in [-0.4, -0.2) is 92.4 Å². The molecule has 2 aromatic heterocycles. The Bertz CT molecular complexity index is 951. The molecule has 0 radical (unpaired) electrons. The molecule has 1 aliphatic rings. The Labute approximate surface area is 239 Å². The van der Waals surface area contributed by atoms with Crippen molar-refractivity contribution in [1.29, 1.82) is 0 Å². The predicted octanol–water partition coefficient (Wildman–Crippen LogP) is -14.0. The number of fused-ring (bicyclic) bond motifs is 1. The van der Waals surface area contributed by atoms with Gasteiger partial charge in [0.05, 0.1) is 12.9 Å². The van der Waals surface area contributed by atoms with Gasteiger partial charge in [-0.2, -0.15) is 0 Å². The van der Waals surface area contributed by atoms with E-state index < -0.39 is 46.8 Å². The van der Waals surface area contributed by atoms with E-state index in [0.717, 1.165) is 6.33 Å². The SMILES string of the molecule is Nc1ncnc2c1ncn2[C@@H]1O[C@H](COP(=O)([O-])OP(=O)([O-])O)[C@@H](O)[C@H]1O.O.O.O.O.O.O.[Na+].[Na+]. The molecule has 1 aliphatic heterocycles. The largest absolute Gasteiger partial charge is 1.00 e. The maximum atomic E-state index is 11.3. The van der Waals surface area contributed by atoms with Gasteiger partial charge in [-0.05, 0) is 0 Å². The van der Waals surface area contributed by atoms with E-state index in [0.29, 0.717) is 0 Å². The minimum atomic E-state index is -5.60. The zero-order valence-electron chi connectivity index (χ0n) is 18.1. The number of aliphatic hydroxyl groups is 2. The number of anilines is 1. The van der Waals surface area contributed by atoms with Crippen LogP contribution in [0.3, 0.4) is 0 Å². The summed E-state index contributed by atoms with van der Waals surface area (Å²) in [6.07, 6.45) is -3.40. The number of ether oxygens (including phenoxy) is 1. The predicted molar refractivity (Wildman–Crippen MR) is 102 cm³/mol. The van der Waals surface area contributed by atoms with Crippen LogP contribution in [0.2, 0.25) is 0 Å². The Kier molecular flexibility index (Phi) is 25.5. The summed E-state index contributed by atoms with van der Waals surface area (Å²) in [6, 6.07) is 0. The number of nitrogen functional groups attached to an aromatic ring is 1. The molecule has 17 N–H and O–H groups in total. The molecular formula is C10H25N5Na2O16P2. The Morgan fingerprint density at radius 3 is 2.09 bits per heavy atom. The number of hydrogen-bond acceptors (Lipinski definition) is 13. The van der Waals surface area contributed by atoms with Crippen molar-refractivity contribution in [2.75, 3.05) is 12.3 Å². The number of nitrogens with zero attached hydrogens (tertiary/aromatic N) is 4. The molecule has 0 saturated carbocycles. The molecule has 0 spiro atoms. The molecule has 3 heterocycles. The minimum Gasteiger partial charge on any atom is -0.756 e. The van der Waals surface area contributed by atoms with Crippen molar-refractivity contribution in [2.24, 2.45) is 0 Å².